The molecule has 1 heterocycles. The average Bonchev–Trinajstić information content (AvgIpc) is 3.10. The van der Waals surface area contributed by atoms with Crippen molar-refractivity contribution in [2.24, 2.45) is 5.41 Å². The van der Waals surface area contributed by atoms with Crippen molar-refractivity contribution in [2.75, 3.05) is 6.54 Å². The van der Waals surface area contributed by atoms with Crippen molar-refractivity contribution in [3.8, 4) is 0 Å². The molecule has 20 heavy (non-hydrogen) atoms. The van der Waals surface area contributed by atoms with Crippen LogP contribution in [0.1, 0.15) is 32.4 Å². The van der Waals surface area contributed by atoms with Crippen molar-refractivity contribution >= 4 is 12.0 Å². The Labute approximate surface area is 117 Å². The van der Waals surface area contributed by atoms with E-state index in [-0.39, 0.29) is 18.6 Å². The van der Waals surface area contributed by atoms with E-state index in [1.165, 1.54) is 0 Å². The third kappa shape index (κ3) is 3.53. The van der Waals surface area contributed by atoms with E-state index in [1.807, 2.05) is 6.07 Å². The molecular formula is C14H20N2O4. The number of carboxylic acid groups (broad SMARTS) is 1. The van der Waals surface area contributed by atoms with Crippen molar-refractivity contribution in [3.05, 3.63) is 24.2 Å². The van der Waals surface area contributed by atoms with Gasteiger partial charge < -0.3 is 19.7 Å². The van der Waals surface area contributed by atoms with Crippen molar-refractivity contribution in [3.63, 3.8) is 0 Å². The summed E-state index contributed by atoms with van der Waals surface area (Å²) >= 11 is 0. The fourth-order valence-electron chi connectivity index (χ4n) is 1.80. The van der Waals surface area contributed by atoms with Gasteiger partial charge in [0.25, 0.3) is 0 Å². The minimum atomic E-state index is -0.977. The Morgan fingerprint density at radius 1 is 1.50 bits per heavy atom. The number of carbonyl (C=O) groups excluding carboxylic acids is 1. The minimum absolute atomic E-state index is 0.0997. The molecular weight excluding hydrogens is 260 g/mol. The van der Waals surface area contributed by atoms with E-state index in [1.54, 1.807) is 31.1 Å². The Morgan fingerprint density at radius 2 is 2.20 bits per heavy atom. The van der Waals surface area contributed by atoms with Crippen LogP contribution in [-0.2, 0) is 11.3 Å². The predicted molar refractivity (Wildman–Crippen MR) is 72.1 cm³/mol. The molecule has 110 valence electrons. The molecule has 2 N–H and O–H groups in total. The third-order valence-electron chi connectivity index (χ3n) is 3.42. The molecule has 0 aliphatic heterocycles. The summed E-state index contributed by atoms with van der Waals surface area (Å²) in [6.07, 6.45) is 3.54. The third-order valence-corrected chi connectivity index (χ3v) is 3.42. The Hall–Kier alpha value is -1.98. The lowest BCUT2D eigenvalue weighted by Crippen LogP contribution is -2.46. The predicted octanol–water partition coefficient (Wildman–Crippen LogP) is 2.06. The first kappa shape index (κ1) is 14.4. The van der Waals surface area contributed by atoms with E-state index in [0.29, 0.717) is 6.54 Å². The standard InChI is InChI=1S/C14H20N2O4/c1-14(2,12(17)18)9-15-13(19)16(10-5-6-10)8-11-4-3-7-20-11/h3-4,7,10H,5-6,8-9H2,1-2H3,(H,15,19)(H,17,18). The number of amides is 2. The summed E-state index contributed by atoms with van der Waals surface area (Å²) in [6.45, 7) is 3.69. The van der Waals surface area contributed by atoms with E-state index in [4.69, 9.17) is 9.52 Å². The number of furan rings is 1. The number of hydrogen-bond acceptors (Lipinski definition) is 3. The van der Waals surface area contributed by atoms with Crippen LogP contribution in [-0.4, -0.2) is 34.6 Å². The quantitative estimate of drug-likeness (QED) is 0.835. The van der Waals surface area contributed by atoms with Gasteiger partial charge in [-0.05, 0) is 38.8 Å². The van der Waals surface area contributed by atoms with Crippen molar-refractivity contribution in [2.45, 2.75) is 39.3 Å². The largest absolute Gasteiger partial charge is 0.481 e. The first-order valence-electron chi connectivity index (χ1n) is 6.70. The molecule has 0 spiro atoms. The maximum absolute atomic E-state index is 12.2. The molecule has 0 atom stereocenters. The Kier molecular flexibility index (Phi) is 4.01. The molecule has 0 aromatic carbocycles. The van der Waals surface area contributed by atoms with Crippen LogP contribution in [0, 0.1) is 5.41 Å². The molecule has 1 aliphatic rings. The number of rotatable bonds is 6. The van der Waals surface area contributed by atoms with Crippen molar-refractivity contribution in [1.82, 2.24) is 10.2 Å². The van der Waals surface area contributed by atoms with E-state index < -0.39 is 11.4 Å². The SMILES string of the molecule is CC(C)(CNC(=O)N(Cc1ccco1)C1CC1)C(=O)O. The highest BCUT2D eigenvalue weighted by atomic mass is 16.4. The molecule has 6 nitrogen and oxygen atoms in total. The lowest BCUT2D eigenvalue weighted by atomic mass is 9.94. The van der Waals surface area contributed by atoms with Crippen LogP contribution in [0.3, 0.4) is 0 Å². The van der Waals surface area contributed by atoms with Gasteiger partial charge in [0.05, 0.1) is 18.2 Å². The second-order valence-corrected chi connectivity index (χ2v) is 5.79. The van der Waals surface area contributed by atoms with Gasteiger partial charge in [-0.25, -0.2) is 4.79 Å². The monoisotopic (exact) mass is 280 g/mol. The minimum Gasteiger partial charge on any atom is -0.481 e. The molecule has 1 fully saturated rings. The van der Waals surface area contributed by atoms with E-state index in [0.717, 1.165) is 18.6 Å². The fourth-order valence-corrected chi connectivity index (χ4v) is 1.80. The molecule has 1 aliphatic carbocycles. The number of carboxylic acids is 1. The van der Waals surface area contributed by atoms with Gasteiger partial charge in [0.1, 0.15) is 5.76 Å². The molecule has 6 heteroatoms. The molecule has 0 radical (unpaired) electrons. The van der Waals surface area contributed by atoms with Crippen LogP contribution in [0.15, 0.2) is 22.8 Å². The zero-order chi connectivity index (χ0) is 14.8. The molecule has 1 saturated carbocycles. The molecule has 0 bridgehead atoms. The van der Waals surface area contributed by atoms with Gasteiger partial charge in [-0.2, -0.15) is 0 Å². The summed E-state index contributed by atoms with van der Waals surface area (Å²) in [7, 11) is 0. The second-order valence-electron chi connectivity index (χ2n) is 5.79. The highest BCUT2D eigenvalue weighted by Gasteiger charge is 2.34. The molecule has 2 rings (SSSR count). The number of hydrogen-bond donors (Lipinski definition) is 2. The summed E-state index contributed by atoms with van der Waals surface area (Å²) in [5.74, 6) is -0.202. The topological polar surface area (TPSA) is 82.8 Å². The van der Waals surface area contributed by atoms with Crippen LogP contribution in [0.2, 0.25) is 0 Å². The fraction of sp³-hybridized carbons (Fsp3) is 0.571. The van der Waals surface area contributed by atoms with E-state index in [2.05, 4.69) is 5.32 Å². The molecule has 0 saturated heterocycles. The zero-order valence-electron chi connectivity index (χ0n) is 11.8. The summed E-state index contributed by atoms with van der Waals surface area (Å²) < 4.78 is 5.26. The Bertz CT molecular complexity index is 477. The van der Waals surface area contributed by atoms with Gasteiger partial charge in [-0.1, -0.05) is 0 Å². The van der Waals surface area contributed by atoms with Crippen LogP contribution in [0.25, 0.3) is 0 Å². The van der Waals surface area contributed by atoms with Gasteiger partial charge >= 0.3 is 12.0 Å². The van der Waals surface area contributed by atoms with Gasteiger partial charge in [0.2, 0.25) is 0 Å². The van der Waals surface area contributed by atoms with Crippen LogP contribution in [0.5, 0.6) is 0 Å². The first-order valence-corrected chi connectivity index (χ1v) is 6.70. The second kappa shape index (κ2) is 5.56. The van der Waals surface area contributed by atoms with Gasteiger partial charge in [0.15, 0.2) is 0 Å². The maximum atomic E-state index is 12.2. The summed E-state index contributed by atoms with van der Waals surface area (Å²) in [4.78, 5) is 24.9. The maximum Gasteiger partial charge on any atom is 0.318 e. The number of urea groups is 1. The molecule has 1 aromatic rings. The lowest BCUT2D eigenvalue weighted by Gasteiger charge is -2.25. The average molecular weight is 280 g/mol. The summed E-state index contributed by atoms with van der Waals surface area (Å²) in [5.41, 5.74) is -0.977. The highest BCUT2D eigenvalue weighted by Crippen LogP contribution is 2.28. The van der Waals surface area contributed by atoms with Crippen molar-refractivity contribution in [1.29, 1.82) is 0 Å². The van der Waals surface area contributed by atoms with E-state index in [9.17, 15) is 9.59 Å². The zero-order valence-corrected chi connectivity index (χ0v) is 11.8. The number of aliphatic carboxylic acids is 1. The normalized spacial score (nSPS) is 14.9. The molecule has 1 aromatic heterocycles. The smallest absolute Gasteiger partial charge is 0.318 e. The number of carbonyl (C=O) groups is 2. The van der Waals surface area contributed by atoms with Gasteiger partial charge in [-0.15, -0.1) is 0 Å². The highest BCUT2D eigenvalue weighted by molar-refractivity contribution is 5.78. The van der Waals surface area contributed by atoms with Gasteiger partial charge in [0, 0.05) is 12.6 Å². The van der Waals surface area contributed by atoms with Crippen LogP contribution >= 0.6 is 0 Å². The Balaban J connectivity index is 1.92. The number of nitrogens with zero attached hydrogens (tertiary/aromatic N) is 1. The van der Waals surface area contributed by atoms with Crippen molar-refractivity contribution < 1.29 is 19.1 Å². The van der Waals surface area contributed by atoms with Gasteiger partial charge in [-0.3, -0.25) is 4.79 Å². The molecule has 2 amide bonds. The lowest BCUT2D eigenvalue weighted by molar-refractivity contribution is -0.146. The number of nitrogens with one attached hydrogen (secondary N) is 1. The molecule has 0 unspecified atom stereocenters. The Morgan fingerprint density at radius 3 is 2.70 bits per heavy atom. The summed E-state index contributed by atoms with van der Waals surface area (Å²) in [5, 5.41) is 11.7. The van der Waals surface area contributed by atoms with Crippen LogP contribution < -0.4 is 5.32 Å². The van der Waals surface area contributed by atoms with E-state index >= 15 is 0 Å². The summed E-state index contributed by atoms with van der Waals surface area (Å²) in [6, 6.07) is 3.60. The first-order chi connectivity index (χ1) is 9.40. The van der Waals surface area contributed by atoms with Crippen LogP contribution in [0.4, 0.5) is 4.79 Å².